The number of hydrogen-bond donors (Lipinski definition) is 1. The van der Waals surface area contributed by atoms with Gasteiger partial charge in [-0.15, -0.1) is 11.8 Å². The number of para-hydroxylation sites is 1. The Morgan fingerprint density at radius 2 is 1.49 bits per heavy atom. The van der Waals surface area contributed by atoms with Gasteiger partial charge >= 0.3 is 0 Å². The van der Waals surface area contributed by atoms with Crippen molar-refractivity contribution >= 4 is 23.4 Å². The molecule has 0 atom stereocenters. The fourth-order valence-corrected chi connectivity index (χ4v) is 5.40. The molecule has 1 amide bonds. The van der Waals surface area contributed by atoms with E-state index in [0.29, 0.717) is 17.9 Å². The maximum absolute atomic E-state index is 13.0. The molecule has 1 N–H and O–H groups in total. The molecule has 37 heavy (non-hydrogen) atoms. The third-order valence-electron chi connectivity index (χ3n) is 6.81. The third kappa shape index (κ3) is 11.3. The molecular formula is C32H46N2O2S. The predicted octanol–water partition coefficient (Wildman–Crippen LogP) is 9.39. The second-order valence-electron chi connectivity index (χ2n) is 10.1. The van der Waals surface area contributed by atoms with E-state index in [2.05, 4.69) is 42.4 Å². The van der Waals surface area contributed by atoms with Crippen LogP contribution in [-0.4, -0.2) is 23.3 Å². The Bertz CT molecular complexity index is 958. The average Bonchev–Trinajstić information content (AvgIpc) is 3.32. The van der Waals surface area contributed by atoms with Crippen LogP contribution in [0.15, 0.2) is 59.6 Å². The van der Waals surface area contributed by atoms with Crippen LogP contribution in [0, 0.1) is 0 Å². The predicted molar refractivity (Wildman–Crippen MR) is 159 cm³/mol. The van der Waals surface area contributed by atoms with Gasteiger partial charge in [0.1, 0.15) is 5.75 Å². The highest BCUT2D eigenvalue weighted by molar-refractivity contribution is 8.03. The molecule has 2 aromatic rings. The largest absolute Gasteiger partial charge is 0.493 e. The van der Waals surface area contributed by atoms with Gasteiger partial charge < -0.3 is 15.0 Å². The maximum atomic E-state index is 13.0. The quantitative estimate of drug-likeness (QED) is 0.198. The van der Waals surface area contributed by atoms with Crippen LogP contribution in [0.3, 0.4) is 0 Å². The third-order valence-corrected chi connectivity index (χ3v) is 7.83. The molecule has 202 valence electrons. The minimum atomic E-state index is -0.132. The molecule has 4 nitrogen and oxygen atoms in total. The van der Waals surface area contributed by atoms with E-state index in [4.69, 9.17) is 4.74 Å². The van der Waals surface area contributed by atoms with Gasteiger partial charge in [0.15, 0.2) is 0 Å². The number of carbonyl (C=O) groups excluding carboxylic acids is 1. The summed E-state index contributed by atoms with van der Waals surface area (Å²) in [5.41, 5.74) is 2.61. The van der Waals surface area contributed by atoms with E-state index < -0.39 is 0 Å². The number of rotatable bonds is 18. The summed E-state index contributed by atoms with van der Waals surface area (Å²) in [6.45, 7) is 5.95. The monoisotopic (exact) mass is 522 g/mol. The average molecular weight is 523 g/mol. The van der Waals surface area contributed by atoms with Crippen molar-refractivity contribution in [2.24, 2.45) is 0 Å². The van der Waals surface area contributed by atoms with Crippen molar-refractivity contribution in [1.82, 2.24) is 4.90 Å². The SMILES string of the molecule is CCCCCCCCCCCCCCOc1ccccc1C(=O)Nc1ccc(CN2C=C(C)SC2)cc1. The lowest BCUT2D eigenvalue weighted by Crippen LogP contribution is -2.14. The topological polar surface area (TPSA) is 41.6 Å². The van der Waals surface area contributed by atoms with Gasteiger partial charge in [-0.1, -0.05) is 102 Å². The molecule has 0 spiro atoms. The first-order valence-electron chi connectivity index (χ1n) is 14.3. The molecule has 2 aromatic carbocycles. The van der Waals surface area contributed by atoms with Crippen molar-refractivity contribution < 1.29 is 9.53 Å². The minimum absolute atomic E-state index is 0.132. The van der Waals surface area contributed by atoms with Gasteiger partial charge in [-0.05, 0) is 48.1 Å². The van der Waals surface area contributed by atoms with E-state index in [-0.39, 0.29) is 5.91 Å². The molecule has 0 saturated heterocycles. The minimum Gasteiger partial charge on any atom is -0.493 e. The number of nitrogens with zero attached hydrogens (tertiary/aromatic N) is 1. The Morgan fingerprint density at radius 1 is 0.865 bits per heavy atom. The van der Waals surface area contributed by atoms with Crippen LogP contribution >= 0.6 is 11.8 Å². The molecule has 0 saturated carbocycles. The summed E-state index contributed by atoms with van der Waals surface area (Å²) < 4.78 is 6.02. The van der Waals surface area contributed by atoms with Crippen LogP contribution in [-0.2, 0) is 6.54 Å². The molecule has 0 unspecified atom stereocenters. The Labute approximate surface area is 229 Å². The maximum Gasteiger partial charge on any atom is 0.259 e. The van der Waals surface area contributed by atoms with Crippen molar-refractivity contribution in [2.45, 2.75) is 97.4 Å². The van der Waals surface area contributed by atoms with Crippen LogP contribution in [0.5, 0.6) is 5.75 Å². The molecule has 1 heterocycles. The lowest BCUT2D eigenvalue weighted by atomic mass is 10.1. The molecule has 1 aliphatic heterocycles. The molecule has 1 aliphatic rings. The lowest BCUT2D eigenvalue weighted by Gasteiger charge is -2.15. The molecule has 5 heteroatoms. The van der Waals surface area contributed by atoms with E-state index in [1.54, 1.807) is 0 Å². The number of ether oxygens (including phenoxy) is 1. The lowest BCUT2D eigenvalue weighted by molar-refractivity contribution is 0.102. The number of amides is 1. The Kier molecular flexibility index (Phi) is 13.5. The van der Waals surface area contributed by atoms with Crippen molar-refractivity contribution in [3.8, 4) is 5.75 Å². The second-order valence-corrected chi connectivity index (χ2v) is 11.3. The Morgan fingerprint density at radius 3 is 2.11 bits per heavy atom. The first-order valence-corrected chi connectivity index (χ1v) is 15.3. The number of thioether (sulfide) groups is 1. The second kappa shape index (κ2) is 17.2. The van der Waals surface area contributed by atoms with Gasteiger partial charge in [0.25, 0.3) is 5.91 Å². The van der Waals surface area contributed by atoms with Crippen LogP contribution in [0.1, 0.15) is 107 Å². The van der Waals surface area contributed by atoms with Gasteiger partial charge in [0.05, 0.1) is 18.0 Å². The van der Waals surface area contributed by atoms with Gasteiger partial charge in [-0.25, -0.2) is 0 Å². The zero-order chi connectivity index (χ0) is 26.1. The van der Waals surface area contributed by atoms with E-state index in [1.165, 1.54) is 81.1 Å². The summed E-state index contributed by atoms with van der Waals surface area (Å²) in [4.78, 5) is 16.6. The summed E-state index contributed by atoms with van der Waals surface area (Å²) in [6, 6.07) is 15.7. The summed E-state index contributed by atoms with van der Waals surface area (Å²) in [5, 5.41) is 3.03. The first kappa shape index (κ1) is 29.2. The highest BCUT2D eigenvalue weighted by Crippen LogP contribution is 2.26. The molecule has 0 aromatic heterocycles. The number of unbranched alkanes of at least 4 members (excludes halogenated alkanes) is 11. The molecule has 0 bridgehead atoms. The van der Waals surface area contributed by atoms with Crippen LogP contribution < -0.4 is 10.1 Å². The zero-order valence-electron chi connectivity index (χ0n) is 23.0. The highest BCUT2D eigenvalue weighted by Gasteiger charge is 2.13. The summed E-state index contributed by atoms with van der Waals surface area (Å²) in [6.07, 6.45) is 18.1. The van der Waals surface area contributed by atoms with Crippen molar-refractivity contribution in [2.75, 3.05) is 17.8 Å². The molecule has 0 fully saturated rings. The molecule has 0 radical (unpaired) electrons. The highest BCUT2D eigenvalue weighted by atomic mass is 32.2. The fraction of sp³-hybridized carbons (Fsp3) is 0.531. The van der Waals surface area contributed by atoms with Crippen LogP contribution in [0.25, 0.3) is 0 Å². The summed E-state index contributed by atoms with van der Waals surface area (Å²) in [7, 11) is 0. The van der Waals surface area contributed by atoms with Gasteiger partial charge in [0.2, 0.25) is 0 Å². The van der Waals surface area contributed by atoms with Crippen LogP contribution in [0.4, 0.5) is 5.69 Å². The molecule has 3 rings (SSSR count). The fourth-order valence-electron chi connectivity index (χ4n) is 4.64. The van der Waals surface area contributed by atoms with Crippen molar-refractivity contribution in [3.63, 3.8) is 0 Å². The van der Waals surface area contributed by atoms with E-state index in [1.807, 2.05) is 48.2 Å². The van der Waals surface area contributed by atoms with Gasteiger partial charge in [0, 0.05) is 18.4 Å². The van der Waals surface area contributed by atoms with Crippen molar-refractivity contribution in [3.05, 3.63) is 70.8 Å². The smallest absolute Gasteiger partial charge is 0.259 e. The number of anilines is 1. The number of hydrogen-bond acceptors (Lipinski definition) is 4. The first-order chi connectivity index (χ1) is 18.2. The zero-order valence-corrected chi connectivity index (χ0v) is 23.8. The van der Waals surface area contributed by atoms with E-state index in [0.717, 1.165) is 24.5 Å². The Balaban J connectivity index is 1.32. The van der Waals surface area contributed by atoms with Crippen LogP contribution in [0.2, 0.25) is 0 Å². The normalized spacial score (nSPS) is 13.0. The molecular weight excluding hydrogens is 476 g/mol. The van der Waals surface area contributed by atoms with Gasteiger partial charge in [-0.3, -0.25) is 4.79 Å². The summed E-state index contributed by atoms with van der Waals surface area (Å²) in [5.74, 6) is 1.53. The number of nitrogens with one attached hydrogen (secondary N) is 1. The Hall–Kier alpha value is -2.40. The number of carbonyl (C=O) groups is 1. The van der Waals surface area contributed by atoms with E-state index >= 15 is 0 Å². The van der Waals surface area contributed by atoms with E-state index in [9.17, 15) is 4.79 Å². The van der Waals surface area contributed by atoms with Gasteiger partial charge in [-0.2, -0.15) is 0 Å². The number of allylic oxidation sites excluding steroid dienone is 1. The standard InChI is InChI=1S/C32H46N2O2S/c1-3-4-5-6-7-8-9-10-11-12-13-16-23-36-31-18-15-14-17-30(31)32(35)33-29-21-19-28(20-22-29)25-34-24-27(2)37-26-34/h14-15,17-22,24H,3-13,16,23,25-26H2,1-2H3,(H,33,35). The van der Waals surface area contributed by atoms with Crippen molar-refractivity contribution in [1.29, 1.82) is 0 Å². The molecule has 0 aliphatic carbocycles. The number of benzene rings is 2. The summed E-state index contributed by atoms with van der Waals surface area (Å²) >= 11 is 1.87.